The lowest BCUT2D eigenvalue weighted by Gasteiger charge is -2.22. The lowest BCUT2D eigenvalue weighted by molar-refractivity contribution is -0.160. The molecule has 1 saturated heterocycles. The Morgan fingerprint density at radius 2 is 2.12 bits per heavy atom. The van der Waals surface area contributed by atoms with Crippen LogP contribution in [-0.4, -0.2) is 50.1 Å². The molecular formula is C27H42N2O5. The average molecular weight is 475 g/mol. The van der Waals surface area contributed by atoms with Crippen molar-refractivity contribution in [1.82, 2.24) is 4.90 Å². The summed E-state index contributed by atoms with van der Waals surface area (Å²) in [6.45, 7) is 13.9. The largest absolute Gasteiger partial charge is 0.487 e. The molecule has 1 heterocycles. The van der Waals surface area contributed by atoms with Crippen LogP contribution in [-0.2, 0) is 23.7 Å². The van der Waals surface area contributed by atoms with Crippen LogP contribution in [0, 0.1) is 0 Å². The van der Waals surface area contributed by atoms with Gasteiger partial charge < -0.3 is 23.8 Å². The third kappa shape index (κ3) is 13.8. The van der Waals surface area contributed by atoms with Crippen LogP contribution >= 0.6 is 0 Å². The maximum absolute atomic E-state index is 11.3. The smallest absolute Gasteiger partial charge is 0.194 e. The highest BCUT2D eigenvalue weighted by Crippen LogP contribution is 2.15. The van der Waals surface area contributed by atoms with Crippen molar-refractivity contribution in [3.05, 3.63) is 61.2 Å². The molecule has 0 N–H and O–H groups in total. The first-order chi connectivity index (χ1) is 16.6. The molecule has 7 nitrogen and oxygen atoms in total. The van der Waals surface area contributed by atoms with Crippen LogP contribution < -0.4 is 0 Å². The van der Waals surface area contributed by atoms with E-state index in [-0.39, 0.29) is 18.7 Å². The van der Waals surface area contributed by atoms with Crippen molar-refractivity contribution in [3.63, 3.8) is 0 Å². The van der Waals surface area contributed by atoms with E-state index in [1.807, 2.05) is 43.3 Å². The summed E-state index contributed by atoms with van der Waals surface area (Å²) in [6, 6.07) is 0. The summed E-state index contributed by atoms with van der Waals surface area (Å²) in [5.74, 6) is 1.48. The molecule has 0 bridgehead atoms. The number of rotatable bonds is 19. The van der Waals surface area contributed by atoms with E-state index in [0.717, 1.165) is 70.3 Å². The highest BCUT2D eigenvalue weighted by atomic mass is 16.7. The van der Waals surface area contributed by atoms with Crippen molar-refractivity contribution >= 4 is 12.5 Å². The number of unbranched alkanes of at least 4 members (excludes halogenated alkanes) is 2. The molecule has 0 radical (unpaired) electrons. The number of hydrogen-bond donors (Lipinski definition) is 0. The van der Waals surface area contributed by atoms with Crippen molar-refractivity contribution in [2.24, 2.45) is 4.99 Å². The number of hydrogen-bond acceptors (Lipinski definition) is 7. The summed E-state index contributed by atoms with van der Waals surface area (Å²) in [5, 5.41) is 0. The highest BCUT2D eigenvalue weighted by Gasteiger charge is 2.14. The molecule has 0 aromatic heterocycles. The van der Waals surface area contributed by atoms with Crippen molar-refractivity contribution in [2.45, 2.75) is 71.5 Å². The second-order valence-corrected chi connectivity index (χ2v) is 7.77. The fraction of sp³-hybridized carbons (Fsp3) is 0.556. The SMILES string of the molecule is C=CC/C=C\N(CCCCCO/C(C=O)=C/O/C(=C\C)COC1CCCCO1)C(=C)/N=C\CC. The minimum absolute atomic E-state index is 0.157. The molecular weight excluding hydrogens is 432 g/mol. The van der Waals surface area contributed by atoms with Gasteiger partial charge in [-0.05, 0) is 64.4 Å². The van der Waals surface area contributed by atoms with E-state index in [1.165, 1.54) is 6.26 Å². The molecule has 1 atom stereocenters. The van der Waals surface area contributed by atoms with E-state index in [9.17, 15) is 4.79 Å². The lowest BCUT2D eigenvalue weighted by atomic mass is 10.2. The Hall–Kier alpha value is -2.64. The van der Waals surface area contributed by atoms with Gasteiger partial charge in [0.2, 0.25) is 0 Å². The zero-order chi connectivity index (χ0) is 24.9. The van der Waals surface area contributed by atoms with Crippen LogP contribution in [0.25, 0.3) is 0 Å². The number of ether oxygens (including phenoxy) is 4. The van der Waals surface area contributed by atoms with E-state index in [1.54, 1.807) is 6.08 Å². The van der Waals surface area contributed by atoms with Gasteiger partial charge in [0.15, 0.2) is 18.3 Å². The molecule has 1 fully saturated rings. The van der Waals surface area contributed by atoms with Crippen molar-refractivity contribution in [3.8, 4) is 0 Å². The Bertz CT molecular complexity index is 706. The molecule has 0 spiro atoms. The molecule has 0 aromatic rings. The van der Waals surface area contributed by atoms with Crippen LogP contribution in [0.2, 0.25) is 0 Å². The third-order valence-corrected chi connectivity index (χ3v) is 4.97. The van der Waals surface area contributed by atoms with Crippen LogP contribution in [0.1, 0.15) is 65.2 Å². The van der Waals surface area contributed by atoms with Gasteiger partial charge in [-0.3, -0.25) is 4.79 Å². The molecule has 1 aliphatic rings. The van der Waals surface area contributed by atoms with Gasteiger partial charge in [0, 0.05) is 25.6 Å². The predicted molar refractivity (Wildman–Crippen MR) is 137 cm³/mol. The summed E-state index contributed by atoms with van der Waals surface area (Å²) in [6.07, 6.45) is 18.8. The third-order valence-electron chi connectivity index (χ3n) is 4.97. The summed E-state index contributed by atoms with van der Waals surface area (Å²) in [7, 11) is 0. The topological polar surface area (TPSA) is 69.6 Å². The molecule has 1 rings (SSSR count). The Balaban J connectivity index is 2.33. The molecule has 0 saturated carbocycles. The number of carbonyl (C=O) groups is 1. The quantitative estimate of drug-likeness (QED) is 0.0569. The van der Waals surface area contributed by atoms with E-state index >= 15 is 0 Å². The Kier molecular flexibility index (Phi) is 17.1. The summed E-state index contributed by atoms with van der Waals surface area (Å²) in [5.41, 5.74) is 0. The Morgan fingerprint density at radius 3 is 2.79 bits per heavy atom. The maximum atomic E-state index is 11.3. The van der Waals surface area contributed by atoms with E-state index in [0.29, 0.717) is 18.7 Å². The molecule has 0 aromatic carbocycles. The first kappa shape index (κ1) is 29.4. The number of nitrogens with zero attached hydrogens (tertiary/aromatic N) is 2. The van der Waals surface area contributed by atoms with Gasteiger partial charge in [-0.2, -0.15) is 0 Å². The van der Waals surface area contributed by atoms with Crippen LogP contribution in [0.4, 0.5) is 0 Å². The van der Waals surface area contributed by atoms with Crippen molar-refractivity contribution in [1.29, 1.82) is 0 Å². The number of allylic oxidation sites excluding steroid dienone is 4. The molecule has 0 amide bonds. The summed E-state index contributed by atoms with van der Waals surface area (Å²) >= 11 is 0. The average Bonchev–Trinajstić information content (AvgIpc) is 2.87. The normalized spacial score (nSPS) is 17.2. The van der Waals surface area contributed by atoms with Gasteiger partial charge in [0.25, 0.3) is 0 Å². The molecule has 7 heteroatoms. The maximum Gasteiger partial charge on any atom is 0.194 e. The standard InChI is InChI=1S/C27H42N2O5/c1-5-8-11-17-29(24(4)28-16-6-2)18-12-9-13-19-31-26(21-30)23-33-25(7-3)22-34-27-15-10-14-20-32-27/h5,7,11,16-17,21,23,27H,1,4,6,8-10,12-15,18-20,22H2,2-3H3/b17-11-,25-7-,26-23+,28-16-. The van der Waals surface area contributed by atoms with Crippen LogP contribution in [0.15, 0.2) is 66.2 Å². The Morgan fingerprint density at radius 1 is 1.26 bits per heavy atom. The van der Waals surface area contributed by atoms with Gasteiger partial charge >= 0.3 is 0 Å². The number of carbonyl (C=O) groups excluding carboxylic acids is 1. The van der Waals surface area contributed by atoms with Crippen LogP contribution in [0.3, 0.4) is 0 Å². The van der Waals surface area contributed by atoms with Gasteiger partial charge in [-0.1, -0.05) is 25.7 Å². The monoisotopic (exact) mass is 474 g/mol. The molecule has 1 unspecified atom stereocenters. The minimum Gasteiger partial charge on any atom is -0.487 e. The lowest BCUT2D eigenvalue weighted by Crippen LogP contribution is -2.23. The number of aliphatic imine (C=N–C) groups is 1. The summed E-state index contributed by atoms with van der Waals surface area (Å²) in [4.78, 5) is 17.7. The zero-order valence-corrected chi connectivity index (χ0v) is 21.0. The molecule has 34 heavy (non-hydrogen) atoms. The second-order valence-electron chi connectivity index (χ2n) is 7.77. The van der Waals surface area contributed by atoms with Gasteiger partial charge in [0.05, 0.1) is 6.61 Å². The van der Waals surface area contributed by atoms with E-state index < -0.39 is 0 Å². The predicted octanol–water partition coefficient (Wildman–Crippen LogP) is 6.02. The first-order valence-corrected chi connectivity index (χ1v) is 12.2. The highest BCUT2D eigenvalue weighted by molar-refractivity contribution is 5.69. The minimum atomic E-state index is -0.193. The van der Waals surface area contributed by atoms with Gasteiger partial charge in [0.1, 0.15) is 24.4 Å². The first-order valence-electron chi connectivity index (χ1n) is 12.2. The summed E-state index contributed by atoms with van der Waals surface area (Å²) < 4.78 is 22.4. The van der Waals surface area contributed by atoms with Crippen LogP contribution in [0.5, 0.6) is 0 Å². The van der Waals surface area contributed by atoms with Gasteiger partial charge in [-0.25, -0.2) is 4.99 Å². The fourth-order valence-electron chi connectivity index (χ4n) is 3.03. The van der Waals surface area contributed by atoms with Crippen molar-refractivity contribution in [2.75, 3.05) is 26.4 Å². The second kappa shape index (κ2) is 19.8. The van der Waals surface area contributed by atoms with Gasteiger partial charge in [-0.15, -0.1) is 6.58 Å². The molecule has 0 aliphatic carbocycles. The molecule has 190 valence electrons. The van der Waals surface area contributed by atoms with E-state index in [4.69, 9.17) is 18.9 Å². The Labute approximate surface area is 205 Å². The number of aldehydes is 1. The van der Waals surface area contributed by atoms with E-state index in [2.05, 4.69) is 18.2 Å². The van der Waals surface area contributed by atoms with Crippen molar-refractivity contribution < 1.29 is 23.7 Å². The molecule has 1 aliphatic heterocycles. The zero-order valence-electron chi connectivity index (χ0n) is 21.0. The fourth-order valence-corrected chi connectivity index (χ4v) is 3.03.